The van der Waals surface area contributed by atoms with E-state index in [0.717, 1.165) is 11.3 Å². The van der Waals surface area contributed by atoms with Crippen molar-refractivity contribution < 1.29 is 13.9 Å². The third kappa shape index (κ3) is 3.20. The summed E-state index contributed by atoms with van der Waals surface area (Å²) in [5.74, 6) is -0.570. The largest absolute Gasteiger partial charge is 0.445 e. The maximum absolute atomic E-state index is 13.5. The fourth-order valence-corrected chi connectivity index (χ4v) is 2.54. The first-order valence-electron chi connectivity index (χ1n) is 6.93. The molecule has 1 aromatic heterocycles. The molecule has 1 aromatic carbocycles. The number of nitrogens with zero attached hydrogens (tertiary/aromatic N) is 2. The van der Waals surface area contributed by atoms with E-state index in [1.54, 1.807) is 4.90 Å². The quantitative estimate of drug-likeness (QED) is 0.794. The average molecular weight is 321 g/mol. The van der Waals surface area contributed by atoms with E-state index in [-0.39, 0.29) is 18.3 Å². The summed E-state index contributed by atoms with van der Waals surface area (Å²) in [6, 6.07) is 10.8. The summed E-state index contributed by atoms with van der Waals surface area (Å²) in [5.41, 5.74) is 2.33. The first-order chi connectivity index (χ1) is 10.6. The van der Waals surface area contributed by atoms with E-state index in [2.05, 4.69) is 4.98 Å². The molecule has 1 aliphatic rings. The van der Waals surface area contributed by atoms with Crippen LogP contribution in [0.1, 0.15) is 16.8 Å². The fraction of sp³-hybridized carbons (Fsp3) is 0.250. The number of halogens is 2. The van der Waals surface area contributed by atoms with Gasteiger partial charge in [0.15, 0.2) is 11.0 Å². The maximum Gasteiger partial charge on any atom is 0.410 e. The Bertz CT molecular complexity index is 694. The number of hydrogen-bond donors (Lipinski definition) is 0. The van der Waals surface area contributed by atoms with Gasteiger partial charge >= 0.3 is 6.09 Å². The number of aromatic nitrogens is 1. The summed E-state index contributed by atoms with van der Waals surface area (Å²) in [6.07, 6.45) is 0.125. The molecule has 2 heterocycles. The highest BCUT2D eigenvalue weighted by atomic mass is 35.5. The van der Waals surface area contributed by atoms with Crippen molar-refractivity contribution in [1.29, 1.82) is 0 Å². The van der Waals surface area contributed by atoms with Crippen LogP contribution in [0.4, 0.5) is 9.18 Å². The van der Waals surface area contributed by atoms with E-state index in [0.29, 0.717) is 18.5 Å². The van der Waals surface area contributed by atoms with Crippen molar-refractivity contribution in [3.05, 3.63) is 64.2 Å². The highest BCUT2D eigenvalue weighted by molar-refractivity contribution is 6.29. The van der Waals surface area contributed by atoms with Crippen LogP contribution in [-0.2, 0) is 24.3 Å². The van der Waals surface area contributed by atoms with Crippen molar-refractivity contribution in [3.8, 4) is 0 Å². The molecule has 1 aliphatic heterocycles. The van der Waals surface area contributed by atoms with Crippen molar-refractivity contribution in [2.45, 2.75) is 19.6 Å². The van der Waals surface area contributed by atoms with Gasteiger partial charge in [-0.05, 0) is 17.2 Å². The first-order valence-corrected chi connectivity index (χ1v) is 7.30. The van der Waals surface area contributed by atoms with E-state index in [1.807, 2.05) is 30.3 Å². The minimum Gasteiger partial charge on any atom is -0.445 e. The van der Waals surface area contributed by atoms with Gasteiger partial charge in [-0.2, -0.15) is 0 Å². The molecule has 114 valence electrons. The molecule has 1 amide bonds. The second kappa shape index (κ2) is 6.32. The minimum atomic E-state index is -0.570. The van der Waals surface area contributed by atoms with Gasteiger partial charge in [-0.1, -0.05) is 41.9 Å². The summed E-state index contributed by atoms with van der Waals surface area (Å²) in [7, 11) is 0. The Morgan fingerprint density at radius 2 is 2.14 bits per heavy atom. The van der Waals surface area contributed by atoms with Crippen LogP contribution < -0.4 is 0 Å². The van der Waals surface area contributed by atoms with Crippen LogP contribution in [0.3, 0.4) is 0 Å². The van der Waals surface area contributed by atoms with Gasteiger partial charge in [-0.3, -0.25) is 0 Å². The lowest BCUT2D eigenvalue weighted by Crippen LogP contribution is -2.36. The van der Waals surface area contributed by atoms with Gasteiger partial charge in [0.1, 0.15) is 6.61 Å². The number of fused-ring (bicyclic) bond motifs is 1. The first kappa shape index (κ1) is 14.8. The molecule has 4 nitrogen and oxygen atoms in total. The molecule has 2 aromatic rings. The molecule has 0 atom stereocenters. The molecule has 0 unspecified atom stereocenters. The highest BCUT2D eigenvalue weighted by Crippen LogP contribution is 2.22. The molecule has 3 rings (SSSR count). The topological polar surface area (TPSA) is 42.4 Å². The maximum atomic E-state index is 13.5. The number of pyridine rings is 1. The van der Waals surface area contributed by atoms with Crippen molar-refractivity contribution in [2.24, 2.45) is 0 Å². The van der Waals surface area contributed by atoms with E-state index < -0.39 is 11.9 Å². The highest BCUT2D eigenvalue weighted by Gasteiger charge is 2.24. The Labute approximate surface area is 132 Å². The molecule has 6 heteroatoms. The van der Waals surface area contributed by atoms with Gasteiger partial charge in [0.2, 0.25) is 0 Å². The number of benzene rings is 1. The average Bonchev–Trinajstić information content (AvgIpc) is 2.54. The van der Waals surface area contributed by atoms with Crippen LogP contribution in [-0.4, -0.2) is 22.5 Å². The van der Waals surface area contributed by atoms with Crippen LogP contribution in [0.15, 0.2) is 36.4 Å². The third-order valence-electron chi connectivity index (χ3n) is 3.54. The lowest BCUT2D eigenvalue weighted by atomic mass is 10.1. The monoisotopic (exact) mass is 320 g/mol. The molecule has 0 saturated carbocycles. The van der Waals surface area contributed by atoms with E-state index in [1.165, 1.54) is 6.07 Å². The van der Waals surface area contributed by atoms with Gasteiger partial charge in [0.25, 0.3) is 0 Å². The Morgan fingerprint density at radius 3 is 2.91 bits per heavy atom. The van der Waals surface area contributed by atoms with Crippen LogP contribution in [0.2, 0.25) is 5.15 Å². The second-order valence-corrected chi connectivity index (χ2v) is 5.44. The fourth-order valence-electron chi connectivity index (χ4n) is 2.38. The molecule has 0 N–H and O–H groups in total. The lowest BCUT2D eigenvalue weighted by Gasteiger charge is -2.27. The normalized spacial score (nSPS) is 13.6. The minimum absolute atomic E-state index is 0.126. The molecule has 0 saturated heterocycles. The Balaban J connectivity index is 1.64. The number of carbonyl (C=O) groups excluding carboxylic acids is 1. The summed E-state index contributed by atoms with van der Waals surface area (Å²) >= 11 is 5.67. The van der Waals surface area contributed by atoms with Crippen LogP contribution in [0.25, 0.3) is 0 Å². The zero-order valence-electron chi connectivity index (χ0n) is 11.8. The number of ether oxygens (including phenoxy) is 1. The molecule has 22 heavy (non-hydrogen) atoms. The van der Waals surface area contributed by atoms with Gasteiger partial charge in [0.05, 0.1) is 6.54 Å². The summed E-state index contributed by atoms with van der Waals surface area (Å²) in [6.45, 7) is 0.982. The summed E-state index contributed by atoms with van der Waals surface area (Å²) < 4.78 is 18.8. The molecule has 0 radical (unpaired) electrons. The van der Waals surface area contributed by atoms with Crippen molar-refractivity contribution in [3.63, 3.8) is 0 Å². The zero-order chi connectivity index (χ0) is 15.5. The molecular weight excluding hydrogens is 307 g/mol. The molecule has 0 fully saturated rings. The Hall–Kier alpha value is -2.14. The second-order valence-electron chi connectivity index (χ2n) is 5.08. The number of amides is 1. The summed E-state index contributed by atoms with van der Waals surface area (Å²) in [4.78, 5) is 17.7. The van der Waals surface area contributed by atoms with Crippen molar-refractivity contribution in [2.75, 3.05) is 6.54 Å². The standard InChI is InChI=1S/C16H14ClFN2O2/c17-15-13(18)8-12-9-20(7-6-14(12)19-15)16(21)22-10-11-4-2-1-3-5-11/h1-5,8H,6-7,9-10H2. The smallest absolute Gasteiger partial charge is 0.410 e. The molecule has 0 aliphatic carbocycles. The van der Waals surface area contributed by atoms with Gasteiger partial charge in [-0.15, -0.1) is 0 Å². The summed E-state index contributed by atoms with van der Waals surface area (Å²) in [5, 5.41) is -0.126. The number of hydrogen-bond acceptors (Lipinski definition) is 3. The van der Waals surface area contributed by atoms with Gasteiger partial charge in [0, 0.05) is 18.7 Å². The molecular formula is C16H14ClFN2O2. The predicted octanol–water partition coefficient (Wildman–Crippen LogP) is 3.57. The lowest BCUT2D eigenvalue weighted by molar-refractivity contribution is 0.0915. The SMILES string of the molecule is O=C(OCc1ccccc1)N1CCc2nc(Cl)c(F)cc2C1. The van der Waals surface area contributed by atoms with Gasteiger partial charge in [-0.25, -0.2) is 14.2 Å². The van der Waals surface area contributed by atoms with E-state index in [4.69, 9.17) is 16.3 Å². The Kier molecular flexibility index (Phi) is 4.24. The predicted molar refractivity (Wildman–Crippen MR) is 79.9 cm³/mol. The van der Waals surface area contributed by atoms with Gasteiger partial charge < -0.3 is 9.64 Å². The van der Waals surface area contributed by atoms with Crippen LogP contribution >= 0.6 is 11.6 Å². The number of rotatable bonds is 2. The zero-order valence-corrected chi connectivity index (χ0v) is 12.5. The third-order valence-corrected chi connectivity index (χ3v) is 3.81. The molecule has 0 bridgehead atoms. The van der Waals surface area contributed by atoms with Crippen molar-refractivity contribution >= 4 is 17.7 Å². The Morgan fingerprint density at radius 1 is 1.36 bits per heavy atom. The van der Waals surface area contributed by atoms with E-state index >= 15 is 0 Å². The van der Waals surface area contributed by atoms with Crippen LogP contribution in [0, 0.1) is 5.82 Å². The van der Waals surface area contributed by atoms with E-state index in [9.17, 15) is 9.18 Å². The molecule has 0 spiro atoms. The number of carbonyl (C=O) groups is 1. The van der Waals surface area contributed by atoms with Crippen LogP contribution in [0.5, 0.6) is 0 Å². The van der Waals surface area contributed by atoms with Crippen molar-refractivity contribution in [1.82, 2.24) is 9.88 Å².